The molecule has 0 spiro atoms. The van der Waals surface area contributed by atoms with Gasteiger partial charge in [-0.15, -0.1) is 0 Å². The van der Waals surface area contributed by atoms with Gasteiger partial charge in [-0.2, -0.15) is 4.98 Å². The fourth-order valence-electron chi connectivity index (χ4n) is 4.31. The second-order valence-corrected chi connectivity index (χ2v) is 8.65. The molecule has 11 heteroatoms. The Morgan fingerprint density at radius 2 is 2.00 bits per heavy atom. The van der Waals surface area contributed by atoms with Crippen molar-refractivity contribution in [2.45, 2.75) is 13.5 Å². The van der Waals surface area contributed by atoms with Crippen LogP contribution < -0.4 is 5.32 Å². The minimum Gasteiger partial charge on any atom is -0.459 e. The summed E-state index contributed by atoms with van der Waals surface area (Å²) in [6, 6.07) is 13.2. The van der Waals surface area contributed by atoms with Gasteiger partial charge in [-0.25, -0.2) is 9.97 Å². The number of benzene rings is 1. The summed E-state index contributed by atoms with van der Waals surface area (Å²) < 4.78 is 10.5. The molecule has 5 heterocycles. The summed E-state index contributed by atoms with van der Waals surface area (Å²) in [4.78, 5) is 33.5. The lowest BCUT2D eigenvalue weighted by atomic mass is 10.2. The van der Waals surface area contributed by atoms with E-state index >= 15 is 0 Å². The van der Waals surface area contributed by atoms with E-state index in [1.165, 1.54) is 6.26 Å². The number of amides is 1. The average Bonchev–Trinajstić information content (AvgIpc) is 3.66. The number of aromatic amines is 1. The second-order valence-electron chi connectivity index (χ2n) is 8.65. The van der Waals surface area contributed by atoms with Crippen LogP contribution in [-0.4, -0.2) is 67.0 Å². The minimum absolute atomic E-state index is 0.0642. The van der Waals surface area contributed by atoms with E-state index in [1.54, 1.807) is 25.3 Å². The van der Waals surface area contributed by atoms with Crippen LogP contribution in [0.1, 0.15) is 21.9 Å². The molecule has 0 bridgehead atoms. The maximum Gasteiger partial charge on any atom is 0.289 e. The van der Waals surface area contributed by atoms with Crippen LogP contribution in [0.2, 0.25) is 0 Å². The number of pyridine rings is 1. The summed E-state index contributed by atoms with van der Waals surface area (Å²) in [5.41, 5.74) is 3.53. The highest BCUT2D eigenvalue weighted by molar-refractivity contribution is 5.91. The van der Waals surface area contributed by atoms with Crippen molar-refractivity contribution >= 4 is 28.7 Å². The predicted octanol–water partition coefficient (Wildman–Crippen LogP) is 3.61. The second kappa shape index (κ2) is 9.27. The van der Waals surface area contributed by atoms with Gasteiger partial charge in [-0.3, -0.25) is 9.69 Å². The Kier molecular flexibility index (Phi) is 5.66. The van der Waals surface area contributed by atoms with Crippen LogP contribution in [0.5, 0.6) is 0 Å². The van der Waals surface area contributed by atoms with Crippen LogP contribution in [0.4, 0.5) is 11.8 Å². The predicted molar refractivity (Wildman–Crippen MR) is 132 cm³/mol. The van der Waals surface area contributed by atoms with Gasteiger partial charge in [0.15, 0.2) is 11.6 Å². The van der Waals surface area contributed by atoms with Crippen molar-refractivity contribution in [2.75, 3.05) is 31.5 Å². The lowest BCUT2D eigenvalue weighted by Crippen LogP contribution is -2.48. The molecular weight excluding hydrogens is 460 g/mol. The van der Waals surface area contributed by atoms with Gasteiger partial charge < -0.3 is 24.1 Å². The van der Waals surface area contributed by atoms with Crippen LogP contribution in [0.3, 0.4) is 0 Å². The van der Waals surface area contributed by atoms with Crippen molar-refractivity contribution in [1.29, 1.82) is 0 Å². The fourth-order valence-corrected chi connectivity index (χ4v) is 4.31. The number of furan rings is 1. The van der Waals surface area contributed by atoms with Gasteiger partial charge in [0.1, 0.15) is 5.82 Å². The van der Waals surface area contributed by atoms with Gasteiger partial charge in [0, 0.05) is 50.0 Å². The summed E-state index contributed by atoms with van der Waals surface area (Å²) in [6.45, 7) is 5.32. The summed E-state index contributed by atoms with van der Waals surface area (Å²) >= 11 is 0. The SMILES string of the molecule is Cc1noc(-c2ccc3nc(Nc4ncccc4CN4CCN(C(=O)c5ccco5)CC4)[nH]c3c2)n1. The molecule has 4 aromatic heterocycles. The largest absolute Gasteiger partial charge is 0.459 e. The van der Waals surface area contributed by atoms with Gasteiger partial charge in [0.05, 0.1) is 17.3 Å². The number of fused-ring (bicyclic) bond motifs is 1. The molecule has 1 saturated heterocycles. The summed E-state index contributed by atoms with van der Waals surface area (Å²) in [6.07, 6.45) is 3.28. The minimum atomic E-state index is -0.0642. The number of anilines is 2. The summed E-state index contributed by atoms with van der Waals surface area (Å²) in [5.74, 6) is 2.70. The first-order valence-electron chi connectivity index (χ1n) is 11.7. The third kappa shape index (κ3) is 4.43. The molecular formula is C25H24N8O3. The molecule has 0 atom stereocenters. The van der Waals surface area contributed by atoms with E-state index in [0.29, 0.717) is 43.1 Å². The normalized spacial score (nSPS) is 14.4. The molecule has 1 amide bonds. The van der Waals surface area contributed by atoms with E-state index in [-0.39, 0.29) is 5.91 Å². The molecule has 0 saturated carbocycles. The number of nitrogens with zero attached hydrogens (tertiary/aromatic N) is 6. The smallest absolute Gasteiger partial charge is 0.289 e. The standard InChI is InChI=1S/C25H24N8O3/c1-16-27-23(36-31-16)17-6-7-19-20(14-17)29-25(28-19)30-22-18(4-2-8-26-22)15-32-9-11-33(12-10-32)24(34)21-5-3-13-35-21/h2-8,13-14H,9-12,15H2,1H3,(H2,26,28,29,30). The number of carbonyl (C=O) groups excluding carboxylic acids is 1. The van der Waals surface area contributed by atoms with Gasteiger partial charge >= 0.3 is 0 Å². The number of carbonyl (C=O) groups is 1. The molecule has 0 radical (unpaired) electrons. The topological polar surface area (TPSA) is 129 Å². The molecule has 11 nitrogen and oxygen atoms in total. The van der Waals surface area contributed by atoms with Gasteiger partial charge in [-0.05, 0) is 43.3 Å². The highest BCUT2D eigenvalue weighted by Crippen LogP contribution is 2.25. The van der Waals surface area contributed by atoms with E-state index in [9.17, 15) is 4.79 Å². The highest BCUT2D eigenvalue weighted by Gasteiger charge is 2.24. The molecule has 182 valence electrons. The number of imidazole rings is 1. The zero-order chi connectivity index (χ0) is 24.5. The highest BCUT2D eigenvalue weighted by atomic mass is 16.5. The molecule has 6 rings (SSSR count). The Hall–Kier alpha value is -4.51. The maximum absolute atomic E-state index is 12.5. The Labute approximate surface area is 206 Å². The molecule has 36 heavy (non-hydrogen) atoms. The van der Waals surface area contributed by atoms with E-state index < -0.39 is 0 Å². The molecule has 0 aliphatic carbocycles. The number of piperazine rings is 1. The van der Waals surface area contributed by atoms with Crippen LogP contribution in [0, 0.1) is 6.92 Å². The van der Waals surface area contributed by atoms with E-state index in [4.69, 9.17) is 8.94 Å². The zero-order valence-corrected chi connectivity index (χ0v) is 19.6. The Bertz CT molecular complexity index is 1500. The first kappa shape index (κ1) is 22.0. The van der Waals surface area contributed by atoms with Crippen molar-refractivity contribution in [3.05, 3.63) is 72.1 Å². The lowest BCUT2D eigenvalue weighted by Gasteiger charge is -2.34. The molecule has 5 aromatic rings. The van der Waals surface area contributed by atoms with Crippen molar-refractivity contribution in [3.63, 3.8) is 0 Å². The zero-order valence-electron chi connectivity index (χ0n) is 19.6. The first-order chi connectivity index (χ1) is 17.6. The number of aromatic nitrogens is 5. The molecule has 0 unspecified atom stereocenters. The maximum atomic E-state index is 12.5. The van der Waals surface area contributed by atoms with Crippen LogP contribution in [-0.2, 0) is 6.54 Å². The van der Waals surface area contributed by atoms with E-state index in [1.807, 2.05) is 35.2 Å². The molecule has 1 aliphatic heterocycles. The fraction of sp³-hybridized carbons (Fsp3) is 0.240. The summed E-state index contributed by atoms with van der Waals surface area (Å²) in [7, 11) is 0. The van der Waals surface area contributed by atoms with Crippen LogP contribution in [0.25, 0.3) is 22.5 Å². The number of aryl methyl sites for hydroxylation is 1. The number of H-pyrrole nitrogens is 1. The van der Waals surface area contributed by atoms with Crippen molar-refractivity contribution in [1.82, 2.24) is 34.9 Å². The van der Waals surface area contributed by atoms with E-state index in [2.05, 4.69) is 35.3 Å². The summed E-state index contributed by atoms with van der Waals surface area (Å²) in [5, 5.41) is 7.18. The Balaban J connectivity index is 1.14. The number of hydrogen-bond acceptors (Lipinski definition) is 9. The lowest BCUT2D eigenvalue weighted by molar-refractivity contribution is 0.0598. The number of rotatable bonds is 6. The molecule has 2 N–H and O–H groups in total. The van der Waals surface area contributed by atoms with Crippen molar-refractivity contribution in [2.24, 2.45) is 0 Å². The Morgan fingerprint density at radius 3 is 2.78 bits per heavy atom. The molecule has 1 fully saturated rings. The van der Waals surface area contributed by atoms with Crippen molar-refractivity contribution in [3.8, 4) is 11.5 Å². The van der Waals surface area contributed by atoms with Gasteiger partial charge in [0.2, 0.25) is 5.95 Å². The van der Waals surface area contributed by atoms with E-state index in [0.717, 1.165) is 41.1 Å². The quantitative estimate of drug-likeness (QED) is 0.371. The van der Waals surface area contributed by atoms with Crippen LogP contribution in [0.15, 0.2) is 63.9 Å². The van der Waals surface area contributed by atoms with Crippen molar-refractivity contribution < 1.29 is 13.7 Å². The van der Waals surface area contributed by atoms with Crippen LogP contribution >= 0.6 is 0 Å². The first-order valence-corrected chi connectivity index (χ1v) is 11.7. The third-order valence-electron chi connectivity index (χ3n) is 6.17. The van der Waals surface area contributed by atoms with Gasteiger partial charge in [-0.1, -0.05) is 11.2 Å². The molecule has 1 aromatic carbocycles. The molecule has 1 aliphatic rings. The average molecular weight is 485 g/mol. The monoisotopic (exact) mass is 484 g/mol. The number of nitrogens with one attached hydrogen (secondary N) is 2. The third-order valence-corrected chi connectivity index (χ3v) is 6.17. The number of hydrogen-bond donors (Lipinski definition) is 2. The van der Waals surface area contributed by atoms with Gasteiger partial charge in [0.25, 0.3) is 11.8 Å². The Morgan fingerprint density at radius 1 is 1.11 bits per heavy atom.